The molecule has 0 fully saturated rings. The molecule has 1 heterocycles. The quantitative estimate of drug-likeness (QED) is 0.775. The Kier molecular flexibility index (Phi) is 2.79. The van der Waals surface area contributed by atoms with Crippen molar-refractivity contribution in [3.8, 4) is 0 Å². The van der Waals surface area contributed by atoms with Crippen molar-refractivity contribution in [2.45, 2.75) is 26.2 Å². The van der Waals surface area contributed by atoms with E-state index in [1.807, 2.05) is 11.8 Å². The summed E-state index contributed by atoms with van der Waals surface area (Å²) in [6.07, 6.45) is 0. The van der Waals surface area contributed by atoms with Gasteiger partial charge >= 0.3 is 0 Å². The van der Waals surface area contributed by atoms with Crippen LogP contribution in [-0.4, -0.2) is 5.88 Å². The van der Waals surface area contributed by atoms with E-state index in [0.29, 0.717) is 0 Å². The molecule has 0 radical (unpaired) electrons. The fourth-order valence-electron chi connectivity index (χ4n) is 1.61. The molecule has 0 saturated heterocycles. The molecule has 1 nitrogen and oxygen atoms in total. The van der Waals surface area contributed by atoms with Crippen molar-refractivity contribution in [3.63, 3.8) is 0 Å². The highest BCUT2D eigenvalue weighted by Gasteiger charge is 2.13. The summed E-state index contributed by atoms with van der Waals surface area (Å²) in [4.78, 5) is 0. The third-order valence-electron chi connectivity index (χ3n) is 2.61. The molecule has 0 aromatic heterocycles. The van der Waals surface area contributed by atoms with E-state index in [1.165, 1.54) is 16.8 Å². The Morgan fingerprint density at radius 1 is 1.13 bits per heavy atom. The van der Waals surface area contributed by atoms with Gasteiger partial charge in [0.25, 0.3) is 0 Å². The van der Waals surface area contributed by atoms with Crippen LogP contribution in [0.15, 0.2) is 29.7 Å². The second-order valence-electron chi connectivity index (χ2n) is 4.85. The van der Waals surface area contributed by atoms with E-state index in [4.69, 9.17) is 0 Å². The molecule has 1 aromatic carbocycles. The molecule has 80 valence electrons. The number of nitrogens with one attached hydrogen (secondary N) is 1. The number of benzene rings is 1. The SMILES string of the molecule is CC(C)(C)c1ccc(C2=CSCN2)cc1. The van der Waals surface area contributed by atoms with Crippen molar-refractivity contribution in [3.05, 3.63) is 40.8 Å². The van der Waals surface area contributed by atoms with Crippen molar-refractivity contribution in [2.24, 2.45) is 0 Å². The fourth-order valence-corrected chi connectivity index (χ4v) is 2.31. The van der Waals surface area contributed by atoms with E-state index in [-0.39, 0.29) is 5.41 Å². The van der Waals surface area contributed by atoms with Crippen LogP contribution in [0.5, 0.6) is 0 Å². The molecule has 1 N–H and O–H groups in total. The van der Waals surface area contributed by atoms with Crippen LogP contribution in [-0.2, 0) is 5.41 Å². The highest BCUT2D eigenvalue weighted by Crippen LogP contribution is 2.26. The summed E-state index contributed by atoms with van der Waals surface area (Å²) >= 11 is 1.81. The van der Waals surface area contributed by atoms with E-state index in [1.54, 1.807) is 0 Å². The molecule has 0 unspecified atom stereocenters. The Morgan fingerprint density at radius 3 is 2.27 bits per heavy atom. The average Bonchev–Trinajstić information content (AvgIpc) is 2.69. The Morgan fingerprint density at radius 2 is 1.80 bits per heavy atom. The standard InChI is InChI=1S/C13H17NS/c1-13(2,3)11-6-4-10(5-7-11)12-8-15-9-14-12/h4-8,14H,9H2,1-3H3. The van der Waals surface area contributed by atoms with Gasteiger partial charge in [-0.15, -0.1) is 11.8 Å². The predicted octanol–water partition coefficient (Wildman–Crippen LogP) is 3.58. The second kappa shape index (κ2) is 3.93. The molecule has 15 heavy (non-hydrogen) atoms. The van der Waals surface area contributed by atoms with E-state index in [9.17, 15) is 0 Å². The number of thioether (sulfide) groups is 1. The van der Waals surface area contributed by atoms with Crippen LogP contribution in [0.25, 0.3) is 5.70 Å². The van der Waals surface area contributed by atoms with Crippen LogP contribution in [0.4, 0.5) is 0 Å². The zero-order chi connectivity index (χ0) is 10.9. The van der Waals surface area contributed by atoms with Gasteiger partial charge in [0, 0.05) is 5.70 Å². The highest BCUT2D eigenvalue weighted by atomic mass is 32.2. The minimum Gasteiger partial charge on any atom is -0.375 e. The first-order chi connectivity index (χ1) is 7.07. The smallest absolute Gasteiger partial charge is 0.0652 e. The molecule has 2 rings (SSSR count). The van der Waals surface area contributed by atoms with Crippen molar-refractivity contribution in [1.29, 1.82) is 0 Å². The molecular weight excluding hydrogens is 202 g/mol. The van der Waals surface area contributed by atoms with Crippen molar-refractivity contribution in [2.75, 3.05) is 5.88 Å². The van der Waals surface area contributed by atoms with Gasteiger partial charge in [0.1, 0.15) is 0 Å². The number of rotatable bonds is 1. The van der Waals surface area contributed by atoms with Crippen LogP contribution < -0.4 is 5.32 Å². The monoisotopic (exact) mass is 219 g/mol. The van der Waals surface area contributed by atoms with Gasteiger partial charge in [0.15, 0.2) is 0 Å². The summed E-state index contributed by atoms with van der Waals surface area (Å²) in [5, 5.41) is 5.54. The van der Waals surface area contributed by atoms with E-state index in [2.05, 4.69) is 55.8 Å². The van der Waals surface area contributed by atoms with Gasteiger partial charge in [-0.05, 0) is 21.9 Å². The molecule has 1 aromatic rings. The van der Waals surface area contributed by atoms with Crippen molar-refractivity contribution >= 4 is 17.5 Å². The van der Waals surface area contributed by atoms with Gasteiger partial charge < -0.3 is 5.32 Å². The summed E-state index contributed by atoms with van der Waals surface area (Å²) in [6, 6.07) is 8.85. The Bertz CT molecular complexity index is 371. The molecule has 0 saturated carbocycles. The Labute approximate surface area is 96.0 Å². The van der Waals surface area contributed by atoms with E-state index >= 15 is 0 Å². The van der Waals surface area contributed by atoms with Gasteiger partial charge in [0.2, 0.25) is 0 Å². The third-order valence-corrected chi connectivity index (χ3v) is 3.32. The van der Waals surface area contributed by atoms with Gasteiger partial charge in [0.05, 0.1) is 5.88 Å². The molecule has 0 aliphatic carbocycles. The molecule has 0 atom stereocenters. The number of hydrogen-bond acceptors (Lipinski definition) is 2. The van der Waals surface area contributed by atoms with E-state index in [0.717, 1.165) is 5.88 Å². The lowest BCUT2D eigenvalue weighted by Gasteiger charge is -2.19. The van der Waals surface area contributed by atoms with Gasteiger partial charge in [-0.2, -0.15) is 0 Å². The maximum atomic E-state index is 3.36. The first kappa shape index (κ1) is 10.6. The van der Waals surface area contributed by atoms with Crippen LogP contribution in [0.1, 0.15) is 31.9 Å². The maximum absolute atomic E-state index is 3.36. The lowest BCUT2D eigenvalue weighted by atomic mass is 9.86. The average molecular weight is 219 g/mol. The van der Waals surface area contributed by atoms with Crippen LogP contribution in [0, 0.1) is 0 Å². The van der Waals surface area contributed by atoms with E-state index < -0.39 is 0 Å². The topological polar surface area (TPSA) is 12.0 Å². The van der Waals surface area contributed by atoms with Crippen LogP contribution >= 0.6 is 11.8 Å². The zero-order valence-corrected chi connectivity index (χ0v) is 10.3. The summed E-state index contributed by atoms with van der Waals surface area (Å²) in [5.74, 6) is 0.996. The molecule has 0 amide bonds. The summed E-state index contributed by atoms with van der Waals surface area (Å²) in [7, 11) is 0. The number of hydrogen-bond donors (Lipinski definition) is 1. The first-order valence-electron chi connectivity index (χ1n) is 5.24. The summed E-state index contributed by atoms with van der Waals surface area (Å²) in [5.41, 5.74) is 4.16. The first-order valence-corrected chi connectivity index (χ1v) is 6.29. The minimum atomic E-state index is 0.241. The minimum absolute atomic E-state index is 0.241. The normalized spacial score (nSPS) is 16.1. The second-order valence-corrected chi connectivity index (χ2v) is 5.70. The van der Waals surface area contributed by atoms with Crippen LogP contribution in [0.3, 0.4) is 0 Å². The van der Waals surface area contributed by atoms with Gasteiger partial charge in [-0.25, -0.2) is 0 Å². The highest BCUT2D eigenvalue weighted by molar-refractivity contribution is 8.02. The maximum Gasteiger partial charge on any atom is 0.0652 e. The Balaban J connectivity index is 2.24. The molecule has 1 aliphatic rings. The summed E-state index contributed by atoms with van der Waals surface area (Å²) < 4.78 is 0. The van der Waals surface area contributed by atoms with Gasteiger partial charge in [-0.3, -0.25) is 0 Å². The molecule has 1 aliphatic heterocycles. The zero-order valence-electron chi connectivity index (χ0n) is 9.50. The third kappa shape index (κ3) is 2.37. The Hall–Kier alpha value is -0.890. The van der Waals surface area contributed by atoms with Crippen LogP contribution in [0.2, 0.25) is 0 Å². The fraction of sp³-hybridized carbons (Fsp3) is 0.385. The van der Waals surface area contributed by atoms with Crippen molar-refractivity contribution < 1.29 is 0 Å². The molecule has 2 heteroatoms. The largest absolute Gasteiger partial charge is 0.375 e. The van der Waals surface area contributed by atoms with Gasteiger partial charge in [-0.1, -0.05) is 45.0 Å². The predicted molar refractivity (Wildman–Crippen MR) is 68.7 cm³/mol. The molecule has 0 spiro atoms. The lowest BCUT2D eigenvalue weighted by Crippen LogP contribution is -2.11. The van der Waals surface area contributed by atoms with Crippen molar-refractivity contribution in [1.82, 2.24) is 5.32 Å². The molecule has 0 bridgehead atoms. The molecular formula is C13H17NS. The lowest BCUT2D eigenvalue weighted by molar-refractivity contribution is 0.590. The summed E-state index contributed by atoms with van der Waals surface area (Å²) in [6.45, 7) is 6.72.